The maximum atomic E-state index is 13.1. The number of benzene rings is 2. The third kappa shape index (κ3) is 4.85. The maximum absolute atomic E-state index is 13.1. The second-order valence-electron chi connectivity index (χ2n) is 6.46. The van der Waals surface area contributed by atoms with Crippen molar-refractivity contribution in [3.8, 4) is 17.2 Å². The van der Waals surface area contributed by atoms with Crippen LogP contribution >= 0.6 is 0 Å². The van der Waals surface area contributed by atoms with Crippen LogP contribution in [0.25, 0.3) is 0 Å². The largest absolute Gasteiger partial charge is 0.487 e. The topological polar surface area (TPSA) is 60.5 Å². The standard InChI is InChI=1S/C22H21FN2O3/c1-14(2)27-19-6-4-5-7-20(19)28-17-10-8-16(9-11-17)25-22(26)18-12-13-21(23)24-15(18)3/h4-14H,1-3H3,(H,25,26). The predicted octanol–water partition coefficient (Wildman–Crippen LogP) is 5.36. The van der Waals surface area contributed by atoms with Gasteiger partial charge >= 0.3 is 0 Å². The van der Waals surface area contributed by atoms with Crippen molar-refractivity contribution in [2.45, 2.75) is 26.9 Å². The molecule has 0 aliphatic heterocycles. The van der Waals surface area contributed by atoms with Crippen LogP contribution < -0.4 is 14.8 Å². The second-order valence-corrected chi connectivity index (χ2v) is 6.46. The molecule has 0 unspecified atom stereocenters. The molecule has 3 rings (SSSR count). The molecule has 0 saturated carbocycles. The van der Waals surface area contributed by atoms with Crippen molar-refractivity contribution in [1.82, 2.24) is 4.98 Å². The van der Waals surface area contributed by atoms with Crippen LogP contribution in [0.4, 0.5) is 10.1 Å². The highest BCUT2D eigenvalue weighted by Crippen LogP contribution is 2.32. The number of aromatic nitrogens is 1. The summed E-state index contributed by atoms with van der Waals surface area (Å²) in [6.07, 6.45) is 0.0340. The predicted molar refractivity (Wildman–Crippen MR) is 106 cm³/mol. The quantitative estimate of drug-likeness (QED) is 0.585. The summed E-state index contributed by atoms with van der Waals surface area (Å²) in [5.41, 5.74) is 1.24. The molecule has 0 saturated heterocycles. The number of aryl methyl sites for hydroxylation is 1. The number of hydrogen-bond donors (Lipinski definition) is 1. The van der Waals surface area contributed by atoms with Crippen LogP contribution in [-0.4, -0.2) is 17.0 Å². The van der Waals surface area contributed by atoms with E-state index in [2.05, 4.69) is 10.3 Å². The van der Waals surface area contributed by atoms with Crippen LogP contribution in [0, 0.1) is 12.9 Å². The van der Waals surface area contributed by atoms with Crippen LogP contribution in [0.15, 0.2) is 60.7 Å². The molecule has 1 aromatic heterocycles. The lowest BCUT2D eigenvalue weighted by atomic mass is 10.2. The average molecular weight is 380 g/mol. The van der Waals surface area contributed by atoms with Gasteiger partial charge in [-0.1, -0.05) is 12.1 Å². The molecule has 5 nitrogen and oxygen atoms in total. The Morgan fingerprint density at radius 3 is 2.32 bits per heavy atom. The second kappa shape index (κ2) is 8.52. The number of carbonyl (C=O) groups excluding carboxylic acids is 1. The van der Waals surface area contributed by atoms with Gasteiger partial charge < -0.3 is 14.8 Å². The summed E-state index contributed by atoms with van der Waals surface area (Å²) in [6.45, 7) is 5.49. The first kappa shape index (κ1) is 19.4. The Morgan fingerprint density at radius 2 is 1.68 bits per heavy atom. The molecule has 1 heterocycles. The van der Waals surface area contributed by atoms with E-state index in [1.807, 2.05) is 38.1 Å². The number of pyridine rings is 1. The van der Waals surface area contributed by atoms with E-state index in [1.54, 1.807) is 31.2 Å². The van der Waals surface area contributed by atoms with Gasteiger partial charge in [0.05, 0.1) is 17.4 Å². The first-order valence-electron chi connectivity index (χ1n) is 8.90. The van der Waals surface area contributed by atoms with Gasteiger partial charge in [-0.05, 0) is 69.3 Å². The number of anilines is 1. The van der Waals surface area contributed by atoms with Crippen LogP contribution in [0.2, 0.25) is 0 Å². The fourth-order valence-corrected chi connectivity index (χ4v) is 2.59. The molecule has 6 heteroatoms. The Morgan fingerprint density at radius 1 is 1.00 bits per heavy atom. The van der Waals surface area contributed by atoms with E-state index >= 15 is 0 Å². The molecule has 0 atom stereocenters. The number of rotatable bonds is 6. The minimum atomic E-state index is -0.614. The maximum Gasteiger partial charge on any atom is 0.257 e. The van der Waals surface area contributed by atoms with E-state index in [0.29, 0.717) is 34.2 Å². The Balaban J connectivity index is 1.70. The van der Waals surface area contributed by atoms with Gasteiger partial charge in [0.2, 0.25) is 5.95 Å². The zero-order valence-electron chi connectivity index (χ0n) is 15.9. The smallest absolute Gasteiger partial charge is 0.257 e. The molecule has 28 heavy (non-hydrogen) atoms. The van der Waals surface area contributed by atoms with E-state index in [1.165, 1.54) is 6.07 Å². The van der Waals surface area contributed by atoms with Gasteiger partial charge in [0.15, 0.2) is 11.5 Å². The number of carbonyl (C=O) groups is 1. The fourth-order valence-electron chi connectivity index (χ4n) is 2.59. The van der Waals surface area contributed by atoms with Crippen molar-refractivity contribution >= 4 is 11.6 Å². The van der Waals surface area contributed by atoms with Crippen molar-refractivity contribution in [2.24, 2.45) is 0 Å². The lowest BCUT2D eigenvalue weighted by molar-refractivity contribution is 0.102. The summed E-state index contributed by atoms with van der Waals surface area (Å²) >= 11 is 0. The summed E-state index contributed by atoms with van der Waals surface area (Å²) in [6, 6.07) is 17.0. The Hall–Kier alpha value is -3.41. The third-order valence-corrected chi connectivity index (χ3v) is 3.85. The highest BCUT2D eigenvalue weighted by atomic mass is 19.1. The van der Waals surface area contributed by atoms with E-state index < -0.39 is 5.95 Å². The molecule has 0 fully saturated rings. The molecule has 0 spiro atoms. The SMILES string of the molecule is Cc1nc(F)ccc1C(=O)Nc1ccc(Oc2ccccc2OC(C)C)cc1. The Labute approximate surface area is 163 Å². The molecule has 144 valence electrons. The number of ether oxygens (including phenoxy) is 2. The molecule has 0 radical (unpaired) electrons. The van der Waals surface area contributed by atoms with Gasteiger partial charge in [-0.2, -0.15) is 4.39 Å². The van der Waals surface area contributed by atoms with Gasteiger partial charge in [-0.3, -0.25) is 4.79 Å². The summed E-state index contributed by atoms with van der Waals surface area (Å²) in [5.74, 6) is 0.916. The molecule has 0 aliphatic rings. The third-order valence-electron chi connectivity index (χ3n) is 3.85. The minimum Gasteiger partial charge on any atom is -0.487 e. The van der Waals surface area contributed by atoms with Gasteiger partial charge in [-0.15, -0.1) is 0 Å². The zero-order valence-corrected chi connectivity index (χ0v) is 15.9. The highest BCUT2D eigenvalue weighted by Gasteiger charge is 2.12. The van der Waals surface area contributed by atoms with Crippen LogP contribution in [0.1, 0.15) is 29.9 Å². The molecular weight excluding hydrogens is 359 g/mol. The summed E-state index contributed by atoms with van der Waals surface area (Å²) in [7, 11) is 0. The van der Waals surface area contributed by atoms with Gasteiger partial charge in [0.25, 0.3) is 5.91 Å². The lowest BCUT2D eigenvalue weighted by Gasteiger charge is -2.15. The molecule has 0 aliphatic carbocycles. The fraction of sp³-hybridized carbons (Fsp3) is 0.182. The zero-order chi connectivity index (χ0) is 20.1. The highest BCUT2D eigenvalue weighted by molar-refractivity contribution is 6.04. The average Bonchev–Trinajstić information content (AvgIpc) is 2.64. The van der Waals surface area contributed by atoms with Crippen molar-refractivity contribution in [3.05, 3.63) is 77.9 Å². The van der Waals surface area contributed by atoms with Crippen LogP contribution in [-0.2, 0) is 0 Å². The van der Waals surface area contributed by atoms with Crippen LogP contribution in [0.5, 0.6) is 17.2 Å². The number of nitrogens with zero attached hydrogens (tertiary/aromatic N) is 1. The van der Waals surface area contributed by atoms with Crippen molar-refractivity contribution < 1.29 is 18.7 Å². The molecule has 2 aromatic carbocycles. The monoisotopic (exact) mass is 380 g/mol. The van der Waals surface area contributed by atoms with Crippen molar-refractivity contribution in [3.63, 3.8) is 0 Å². The first-order chi connectivity index (χ1) is 13.4. The van der Waals surface area contributed by atoms with E-state index in [9.17, 15) is 9.18 Å². The van der Waals surface area contributed by atoms with E-state index in [4.69, 9.17) is 9.47 Å². The van der Waals surface area contributed by atoms with Gasteiger partial charge in [0.1, 0.15) is 5.75 Å². The van der Waals surface area contributed by atoms with Crippen LogP contribution in [0.3, 0.4) is 0 Å². The number of nitrogens with one attached hydrogen (secondary N) is 1. The lowest BCUT2D eigenvalue weighted by Crippen LogP contribution is -2.14. The summed E-state index contributed by atoms with van der Waals surface area (Å²) < 4.78 is 24.7. The van der Waals surface area contributed by atoms with Crippen molar-refractivity contribution in [2.75, 3.05) is 5.32 Å². The molecular formula is C22H21FN2O3. The minimum absolute atomic E-state index is 0.0340. The first-order valence-corrected chi connectivity index (χ1v) is 8.90. The number of para-hydroxylation sites is 2. The van der Waals surface area contributed by atoms with Crippen molar-refractivity contribution in [1.29, 1.82) is 0 Å². The number of halogens is 1. The van der Waals surface area contributed by atoms with E-state index in [-0.39, 0.29) is 12.0 Å². The Kier molecular flexibility index (Phi) is 5.89. The molecule has 1 N–H and O–H groups in total. The molecule has 3 aromatic rings. The van der Waals surface area contributed by atoms with Gasteiger partial charge in [-0.25, -0.2) is 4.98 Å². The molecule has 1 amide bonds. The number of hydrogen-bond acceptors (Lipinski definition) is 4. The summed E-state index contributed by atoms with van der Waals surface area (Å²) in [5, 5.41) is 2.77. The van der Waals surface area contributed by atoms with E-state index in [0.717, 1.165) is 6.07 Å². The summed E-state index contributed by atoms with van der Waals surface area (Å²) in [4.78, 5) is 16.0. The normalized spacial score (nSPS) is 10.6. The van der Waals surface area contributed by atoms with Gasteiger partial charge in [0, 0.05) is 5.69 Å². The molecule has 0 bridgehead atoms. The number of amides is 1. The Bertz CT molecular complexity index is 972.